The first-order chi connectivity index (χ1) is 16.5. The van der Waals surface area contributed by atoms with Crippen LogP contribution in [0.1, 0.15) is 85.4 Å². The Balaban J connectivity index is -0.000000412. The molecule has 0 spiro atoms. The Hall–Kier alpha value is -2.93. The number of aryl methyl sites for hydroxylation is 2. The van der Waals surface area contributed by atoms with E-state index in [2.05, 4.69) is 77.3 Å². The van der Waals surface area contributed by atoms with Gasteiger partial charge in [0.2, 0.25) is 0 Å². The fourth-order valence-corrected chi connectivity index (χ4v) is 2.21. The van der Waals surface area contributed by atoms with Gasteiger partial charge in [0.1, 0.15) is 0 Å². The maximum absolute atomic E-state index is 11.5. The number of rotatable bonds is 5. The van der Waals surface area contributed by atoms with E-state index in [0.717, 1.165) is 5.57 Å². The van der Waals surface area contributed by atoms with Crippen LogP contribution in [0.15, 0.2) is 97.1 Å². The summed E-state index contributed by atoms with van der Waals surface area (Å²) in [5, 5.41) is 0. The van der Waals surface area contributed by atoms with E-state index in [0.29, 0.717) is 5.57 Å². The number of hydrogen-bond acceptors (Lipinski definition) is 1. The van der Waals surface area contributed by atoms with E-state index in [9.17, 15) is 4.79 Å². The number of ketones is 1. The first-order valence-electron chi connectivity index (χ1n) is 12.8. The molecule has 0 fully saturated rings. The van der Waals surface area contributed by atoms with Gasteiger partial charge in [0, 0.05) is 11.5 Å². The fourth-order valence-electron chi connectivity index (χ4n) is 2.21. The van der Waals surface area contributed by atoms with Gasteiger partial charge >= 0.3 is 0 Å². The second-order valence-corrected chi connectivity index (χ2v) is 8.60. The molecule has 0 aromatic heterocycles. The topological polar surface area (TPSA) is 17.1 Å². The summed E-state index contributed by atoms with van der Waals surface area (Å²) < 4.78 is 0. The molecule has 0 unspecified atom stereocenters. The van der Waals surface area contributed by atoms with Crippen molar-refractivity contribution in [1.29, 1.82) is 0 Å². The Morgan fingerprint density at radius 2 is 1.26 bits per heavy atom. The Morgan fingerprint density at radius 1 is 0.829 bits per heavy atom. The van der Waals surface area contributed by atoms with Crippen LogP contribution in [0.5, 0.6) is 0 Å². The number of carbonyl (C=O) groups excluding carboxylic acids is 1. The first-order valence-corrected chi connectivity index (χ1v) is 12.8. The Kier molecular flexibility index (Phi) is 25.3. The van der Waals surface area contributed by atoms with Gasteiger partial charge in [-0.05, 0) is 40.2 Å². The van der Waals surface area contributed by atoms with Crippen molar-refractivity contribution >= 4 is 11.4 Å². The highest BCUT2D eigenvalue weighted by Gasteiger charge is 2.09. The van der Waals surface area contributed by atoms with Crippen LogP contribution in [0.3, 0.4) is 0 Å². The molecular formula is C34H52O. The number of allylic oxidation sites excluding steroid dienone is 6. The molecule has 1 heteroatoms. The number of carbonyl (C=O) groups is 1. The van der Waals surface area contributed by atoms with Crippen LogP contribution in [0.2, 0.25) is 0 Å². The van der Waals surface area contributed by atoms with Crippen LogP contribution in [-0.2, 0) is 4.79 Å². The van der Waals surface area contributed by atoms with Crippen molar-refractivity contribution in [3.8, 4) is 0 Å². The molecule has 1 nitrogen and oxygen atoms in total. The monoisotopic (exact) mass is 476 g/mol. The second kappa shape index (κ2) is 24.2. The van der Waals surface area contributed by atoms with E-state index in [4.69, 9.17) is 0 Å². The molecule has 0 aliphatic heterocycles. The van der Waals surface area contributed by atoms with Gasteiger partial charge in [-0.15, -0.1) is 0 Å². The molecule has 0 aliphatic rings. The third-order valence-corrected chi connectivity index (χ3v) is 4.11. The number of Topliss-reactive ketones (excluding diaryl/α,β-unsaturated/α-hetero) is 1. The molecule has 0 heterocycles. The van der Waals surface area contributed by atoms with Crippen LogP contribution in [0.25, 0.3) is 5.57 Å². The molecule has 0 bridgehead atoms. The molecule has 2 aromatic carbocycles. The predicted molar refractivity (Wildman–Crippen MR) is 162 cm³/mol. The smallest absolute Gasteiger partial charge is 0.165 e. The molecule has 0 radical (unpaired) electrons. The lowest BCUT2D eigenvalue weighted by Crippen LogP contribution is -2.08. The largest absolute Gasteiger partial charge is 0.294 e. The summed E-state index contributed by atoms with van der Waals surface area (Å²) >= 11 is 0. The van der Waals surface area contributed by atoms with Crippen LogP contribution in [0.4, 0.5) is 0 Å². The molecule has 2 aromatic rings. The van der Waals surface area contributed by atoms with Crippen LogP contribution in [-0.4, -0.2) is 5.78 Å². The first kappa shape index (κ1) is 36.6. The van der Waals surface area contributed by atoms with Crippen LogP contribution < -0.4 is 0 Å². The summed E-state index contributed by atoms with van der Waals surface area (Å²) in [6, 6.07) is 18.7. The van der Waals surface area contributed by atoms with Crippen LogP contribution in [0, 0.1) is 19.8 Å². The third-order valence-electron chi connectivity index (χ3n) is 4.11. The molecule has 0 N–H and O–H groups in total. The predicted octanol–water partition coefficient (Wildman–Crippen LogP) is 10.8. The van der Waals surface area contributed by atoms with Gasteiger partial charge in [-0.25, -0.2) is 0 Å². The maximum atomic E-state index is 11.5. The van der Waals surface area contributed by atoms with Crippen molar-refractivity contribution in [2.24, 2.45) is 5.92 Å². The van der Waals surface area contributed by atoms with E-state index < -0.39 is 0 Å². The summed E-state index contributed by atoms with van der Waals surface area (Å²) in [5.41, 5.74) is 6.84. The highest BCUT2D eigenvalue weighted by atomic mass is 16.1. The lowest BCUT2D eigenvalue weighted by molar-refractivity contribution is -0.117. The molecule has 0 saturated carbocycles. The lowest BCUT2D eigenvalue weighted by atomic mass is 10.0. The van der Waals surface area contributed by atoms with E-state index in [1.165, 1.54) is 28.7 Å². The Bertz CT molecular complexity index is 859. The maximum Gasteiger partial charge on any atom is 0.165 e. The summed E-state index contributed by atoms with van der Waals surface area (Å²) in [4.78, 5) is 11.5. The van der Waals surface area contributed by atoms with Gasteiger partial charge in [-0.1, -0.05) is 156 Å². The molecule has 0 aliphatic carbocycles. The molecule has 35 heavy (non-hydrogen) atoms. The highest BCUT2D eigenvalue weighted by molar-refractivity contribution is 5.99. The number of hydrogen-bond donors (Lipinski definition) is 0. The molecule has 194 valence electrons. The van der Waals surface area contributed by atoms with Crippen LogP contribution >= 0.6 is 0 Å². The van der Waals surface area contributed by atoms with Gasteiger partial charge in [-0.2, -0.15) is 0 Å². The molecule has 0 saturated heterocycles. The molecule has 0 atom stereocenters. The van der Waals surface area contributed by atoms with E-state index in [1.54, 1.807) is 6.08 Å². The zero-order valence-corrected chi connectivity index (χ0v) is 24.5. The van der Waals surface area contributed by atoms with Gasteiger partial charge in [0.25, 0.3) is 0 Å². The zero-order chi connectivity index (χ0) is 27.8. The van der Waals surface area contributed by atoms with Crippen molar-refractivity contribution < 1.29 is 4.79 Å². The quantitative estimate of drug-likeness (QED) is 0.310. The third kappa shape index (κ3) is 22.6. The average molecular weight is 477 g/mol. The highest BCUT2D eigenvalue weighted by Crippen LogP contribution is 2.11. The molecular weight excluding hydrogens is 424 g/mol. The SMILES string of the molecule is C=C(C)c1ccc(C)cc1.C=C/C(=C\C=C(C)C)C(=O)C(C)C.CC.CCC.Cc1ccccc1. The minimum absolute atomic E-state index is 0.0369. The van der Waals surface area contributed by atoms with Crippen molar-refractivity contribution in [2.75, 3.05) is 0 Å². The van der Waals surface area contributed by atoms with Gasteiger partial charge in [0.05, 0.1) is 0 Å². The minimum Gasteiger partial charge on any atom is -0.294 e. The van der Waals surface area contributed by atoms with Crippen molar-refractivity contribution in [1.82, 2.24) is 0 Å². The lowest BCUT2D eigenvalue weighted by Gasteiger charge is -2.03. The zero-order valence-electron chi connectivity index (χ0n) is 24.5. The molecule has 2 rings (SSSR count). The fraction of sp³-hybridized carbons (Fsp3) is 0.382. The van der Waals surface area contributed by atoms with Gasteiger partial charge in [0.15, 0.2) is 5.78 Å². The Labute approximate surface area is 218 Å². The average Bonchev–Trinajstić information content (AvgIpc) is 2.82. The number of benzene rings is 2. The summed E-state index contributed by atoms with van der Waals surface area (Å²) in [5.74, 6) is 0.183. The Morgan fingerprint density at radius 3 is 1.54 bits per heavy atom. The standard InChI is InChI=1S/C12H18O.C10H12.C7H8.C3H8.C2H6/c1-6-11(8-7-9(2)3)12(13)10(4)5;1-8(2)10-6-4-9(3)5-7-10;1-7-5-3-2-4-6-7;1-3-2;1-2/h6-8,10H,1H2,2-5H3;4-7H,1H2,2-3H3;2-6H,1H3;3H2,1-2H3;1-2H3/b11-8+;;;;. The van der Waals surface area contributed by atoms with E-state index in [-0.39, 0.29) is 11.7 Å². The minimum atomic E-state index is 0.0369. The molecule has 0 amide bonds. The second-order valence-electron chi connectivity index (χ2n) is 8.60. The summed E-state index contributed by atoms with van der Waals surface area (Å²) in [6.07, 6.45) is 6.61. The summed E-state index contributed by atoms with van der Waals surface area (Å²) in [7, 11) is 0. The normalized spacial score (nSPS) is 9.31. The van der Waals surface area contributed by atoms with E-state index in [1.807, 2.05) is 78.8 Å². The van der Waals surface area contributed by atoms with Gasteiger partial charge < -0.3 is 0 Å². The van der Waals surface area contributed by atoms with Gasteiger partial charge in [-0.3, -0.25) is 4.79 Å². The summed E-state index contributed by atoms with van der Waals surface area (Å²) in [6.45, 7) is 29.7. The van der Waals surface area contributed by atoms with Crippen molar-refractivity contribution in [3.05, 3.63) is 114 Å². The van der Waals surface area contributed by atoms with Crippen molar-refractivity contribution in [2.45, 2.75) is 82.6 Å². The van der Waals surface area contributed by atoms with Crippen molar-refractivity contribution in [3.63, 3.8) is 0 Å². The van der Waals surface area contributed by atoms with E-state index >= 15 is 0 Å².